The number of rotatable bonds is 1. The third-order valence-corrected chi connectivity index (χ3v) is 1.20. The SMILES string of the molecule is [c]1[nH]ccc1-c1ncco1. The van der Waals surface area contributed by atoms with Crippen LogP contribution in [-0.4, -0.2) is 9.97 Å². The molecule has 1 radical (unpaired) electrons. The van der Waals surface area contributed by atoms with Crippen molar-refractivity contribution in [3.05, 3.63) is 30.9 Å². The molecule has 0 fully saturated rings. The van der Waals surface area contributed by atoms with E-state index in [1.807, 2.05) is 6.07 Å². The summed E-state index contributed by atoms with van der Waals surface area (Å²) in [5, 5.41) is 0. The Morgan fingerprint density at radius 3 is 3.20 bits per heavy atom. The third-order valence-electron chi connectivity index (χ3n) is 1.20. The van der Waals surface area contributed by atoms with Crippen molar-refractivity contribution in [2.24, 2.45) is 0 Å². The van der Waals surface area contributed by atoms with Gasteiger partial charge in [0.2, 0.25) is 5.89 Å². The molecular formula is C7H5N2O. The molecule has 3 heteroatoms. The molecule has 1 N–H and O–H groups in total. The number of H-pyrrole nitrogens is 1. The second-order valence-corrected chi connectivity index (χ2v) is 1.85. The minimum absolute atomic E-state index is 0.598. The fraction of sp³-hybridized carbons (Fsp3) is 0. The fourth-order valence-electron chi connectivity index (χ4n) is 0.767. The number of aromatic amines is 1. The minimum atomic E-state index is 0.598. The van der Waals surface area contributed by atoms with Crippen LogP contribution in [0.5, 0.6) is 0 Å². The number of hydrogen-bond acceptors (Lipinski definition) is 2. The van der Waals surface area contributed by atoms with Crippen LogP contribution < -0.4 is 0 Å². The number of hydrogen-bond donors (Lipinski definition) is 1. The van der Waals surface area contributed by atoms with Crippen molar-refractivity contribution >= 4 is 0 Å². The van der Waals surface area contributed by atoms with E-state index in [2.05, 4.69) is 16.2 Å². The predicted octanol–water partition coefficient (Wildman–Crippen LogP) is 1.47. The summed E-state index contributed by atoms with van der Waals surface area (Å²) >= 11 is 0. The molecule has 0 bridgehead atoms. The van der Waals surface area contributed by atoms with Crippen molar-refractivity contribution in [3.63, 3.8) is 0 Å². The second-order valence-electron chi connectivity index (χ2n) is 1.85. The summed E-state index contributed by atoms with van der Waals surface area (Å²) in [7, 11) is 0. The number of nitrogens with zero attached hydrogens (tertiary/aromatic N) is 1. The first kappa shape index (κ1) is 5.29. The van der Waals surface area contributed by atoms with Crippen molar-refractivity contribution in [2.75, 3.05) is 0 Å². The van der Waals surface area contributed by atoms with Crippen LogP contribution in [-0.2, 0) is 0 Å². The summed E-state index contributed by atoms with van der Waals surface area (Å²) in [5.74, 6) is 0.598. The van der Waals surface area contributed by atoms with E-state index < -0.39 is 0 Å². The first-order valence-corrected chi connectivity index (χ1v) is 2.92. The van der Waals surface area contributed by atoms with E-state index in [-0.39, 0.29) is 0 Å². The van der Waals surface area contributed by atoms with Crippen LogP contribution in [0.1, 0.15) is 0 Å². The maximum absolute atomic E-state index is 5.02. The third kappa shape index (κ3) is 0.719. The highest BCUT2D eigenvalue weighted by Crippen LogP contribution is 2.13. The molecule has 2 aromatic rings. The van der Waals surface area contributed by atoms with Gasteiger partial charge in [0.15, 0.2) is 0 Å². The zero-order valence-corrected chi connectivity index (χ0v) is 5.16. The van der Waals surface area contributed by atoms with Gasteiger partial charge in [-0.15, -0.1) is 0 Å². The highest BCUT2D eigenvalue weighted by Gasteiger charge is 2.00. The zero-order chi connectivity index (χ0) is 6.81. The molecule has 2 aromatic heterocycles. The quantitative estimate of drug-likeness (QED) is 0.640. The van der Waals surface area contributed by atoms with Gasteiger partial charge in [0, 0.05) is 6.20 Å². The highest BCUT2D eigenvalue weighted by molar-refractivity contribution is 5.49. The maximum Gasteiger partial charge on any atom is 0.228 e. The van der Waals surface area contributed by atoms with Crippen molar-refractivity contribution in [3.8, 4) is 11.5 Å². The summed E-state index contributed by atoms with van der Waals surface area (Å²) in [4.78, 5) is 6.73. The molecule has 0 saturated carbocycles. The van der Waals surface area contributed by atoms with Gasteiger partial charge in [-0.2, -0.15) is 0 Å². The molecule has 2 rings (SSSR count). The average molecular weight is 133 g/mol. The summed E-state index contributed by atoms with van der Waals surface area (Å²) < 4.78 is 5.02. The predicted molar refractivity (Wildman–Crippen MR) is 35.1 cm³/mol. The van der Waals surface area contributed by atoms with E-state index in [0.717, 1.165) is 5.56 Å². The molecule has 0 saturated heterocycles. The first-order chi connectivity index (χ1) is 4.97. The second kappa shape index (κ2) is 2.02. The maximum atomic E-state index is 5.02. The van der Waals surface area contributed by atoms with Crippen LogP contribution in [0.25, 0.3) is 11.5 Å². The van der Waals surface area contributed by atoms with E-state index in [1.54, 1.807) is 12.4 Å². The van der Waals surface area contributed by atoms with Crippen LogP contribution in [0.2, 0.25) is 0 Å². The fourth-order valence-corrected chi connectivity index (χ4v) is 0.767. The van der Waals surface area contributed by atoms with Crippen molar-refractivity contribution in [2.45, 2.75) is 0 Å². The van der Waals surface area contributed by atoms with Crippen LogP contribution >= 0.6 is 0 Å². The van der Waals surface area contributed by atoms with Gasteiger partial charge in [0.1, 0.15) is 6.26 Å². The summed E-state index contributed by atoms with van der Waals surface area (Å²) in [6, 6.07) is 1.85. The van der Waals surface area contributed by atoms with Crippen molar-refractivity contribution < 1.29 is 4.42 Å². The molecule has 49 valence electrons. The van der Waals surface area contributed by atoms with Gasteiger partial charge in [0.25, 0.3) is 0 Å². The normalized spacial score (nSPS) is 10.0. The first-order valence-electron chi connectivity index (χ1n) is 2.92. The topological polar surface area (TPSA) is 41.8 Å². The van der Waals surface area contributed by atoms with E-state index in [4.69, 9.17) is 4.42 Å². The summed E-state index contributed by atoms with van der Waals surface area (Å²) in [5.41, 5.74) is 0.852. The molecule has 0 spiro atoms. The van der Waals surface area contributed by atoms with Gasteiger partial charge < -0.3 is 9.40 Å². The molecule has 10 heavy (non-hydrogen) atoms. The van der Waals surface area contributed by atoms with Gasteiger partial charge in [0.05, 0.1) is 18.0 Å². The molecule has 2 heterocycles. The minimum Gasteiger partial charge on any atom is -0.444 e. The molecule has 0 aliphatic heterocycles. The van der Waals surface area contributed by atoms with Crippen molar-refractivity contribution in [1.82, 2.24) is 9.97 Å². The average Bonchev–Trinajstić information content (AvgIpc) is 2.59. The Kier molecular flexibility index (Phi) is 1.07. The Balaban J connectivity index is 2.48. The Labute approximate surface area is 57.7 Å². The van der Waals surface area contributed by atoms with Gasteiger partial charge in [-0.3, -0.25) is 0 Å². The monoisotopic (exact) mass is 133 g/mol. The molecule has 0 amide bonds. The summed E-state index contributed by atoms with van der Waals surface area (Å²) in [6.07, 6.45) is 7.78. The molecule has 0 unspecified atom stereocenters. The lowest BCUT2D eigenvalue weighted by atomic mass is 10.3. The lowest BCUT2D eigenvalue weighted by Crippen LogP contribution is -1.69. The van der Waals surface area contributed by atoms with Crippen LogP contribution in [0.3, 0.4) is 0 Å². The van der Waals surface area contributed by atoms with Crippen molar-refractivity contribution in [1.29, 1.82) is 0 Å². The molecule has 0 atom stereocenters. The van der Waals surface area contributed by atoms with E-state index in [9.17, 15) is 0 Å². The van der Waals surface area contributed by atoms with Gasteiger partial charge in [-0.1, -0.05) is 0 Å². The van der Waals surface area contributed by atoms with Crippen LogP contribution in [0, 0.1) is 6.20 Å². The van der Waals surface area contributed by atoms with Gasteiger partial charge >= 0.3 is 0 Å². The smallest absolute Gasteiger partial charge is 0.228 e. The van der Waals surface area contributed by atoms with Crippen LogP contribution in [0.4, 0.5) is 0 Å². The highest BCUT2D eigenvalue weighted by atomic mass is 16.3. The lowest BCUT2D eigenvalue weighted by Gasteiger charge is -1.82. The Bertz CT molecular complexity index is 251. The number of nitrogens with one attached hydrogen (secondary N) is 1. The Morgan fingerprint density at radius 1 is 1.60 bits per heavy atom. The molecule has 3 nitrogen and oxygen atoms in total. The summed E-state index contributed by atoms with van der Waals surface area (Å²) in [6.45, 7) is 0. The Hall–Kier alpha value is -1.51. The Morgan fingerprint density at radius 2 is 2.60 bits per heavy atom. The zero-order valence-electron chi connectivity index (χ0n) is 5.16. The largest absolute Gasteiger partial charge is 0.444 e. The number of aromatic nitrogens is 2. The van der Waals surface area contributed by atoms with E-state index in [0.29, 0.717) is 5.89 Å². The molecule has 0 aliphatic carbocycles. The standard InChI is InChI=1S/C7H5N2O/c1-2-8-5-6(1)7-9-3-4-10-7/h1-4,8H. The van der Waals surface area contributed by atoms with E-state index in [1.165, 1.54) is 6.26 Å². The molecule has 0 aliphatic rings. The van der Waals surface area contributed by atoms with Gasteiger partial charge in [-0.05, 0) is 6.07 Å². The lowest BCUT2D eigenvalue weighted by molar-refractivity contribution is 0.574. The number of oxazole rings is 1. The molecule has 0 aromatic carbocycles. The van der Waals surface area contributed by atoms with Crippen LogP contribution in [0.15, 0.2) is 29.1 Å². The van der Waals surface area contributed by atoms with E-state index >= 15 is 0 Å². The van der Waals surface area contributed by atoms with Gasteiger partial charge in [-0.25, -0.2) is 4.98 Å². The molecular weight excluding hydrogens is 128 g/mol.